The van der Waals surface area contributed by atoms with Crippen molar-refractivity contribution in [1.82, 2.24) is 0 Å². The van der Waals surface area contributed by atoms with E-state index in [1.165, 1.54) is 0 Å². The minimum atomic E-state index is 0. The zero-order chi connectivity index (χ0) is 2.00. The van der Waals surface area contributed by atoms with Crippen molar-refractivity contribution in [2.24, 2.45) is 0 Å². The molecule has 4 heteroatoms. The molecule has 0 unspecified atom stereocenters. The van der Waals surface area contributed by atoms with Crippen LogP contribution in [0.25, 0.3) is 0 Å². The first-order valence-electron chi connectivity index (χ1n) is 0.258. The van der Waals surface area contributed by atoms with Crippen molar-refractivity contribution in [3.05, 3.63) is 0 Å². The third-order valence-corrected chi connectivity index (χ3v) is 0. The number of hydrogen-bond donors (Lipinski definition) is 0. The topological polar surface area (TPSA) is 23.8 Å². The second kappa shape index (κ2) is 30.6. The SMILES string of the molecule is C#N.[Ag].[Ag].[H-].[K+]. The largest absolute Gasteiger partial charge is 1.00 e. The Balaban J connectivity index is -0.000000000833. The first-order valence-corrected chi connectivity index (χ1v) is 0.258. The molecule has 0 spiro atoms. The van der Waals surface area contributed by atoms with Gasteiger partial charge in [-0.15, -0.1) is 0 Å². The van der Waals surface area contributed by atoms with Gasteiger partial charge in [0.25, 0.3) is 0 Å². The quantitative estimate of drug-likeness (QED) is 0.442. The van der Waals surface area contributed by atoms with Crippen LogP contribution in [-0.2, 0) is 44.8 Å². The van der Waals surface area contributed by atoms with Crippen LogP contribution in [0, 0.1) is 11.8 Å². The first kappa shape index (κ1) is 25.5. The Morgan fingerprint density at radius 3 is 1.20 bits per heavy atom. The normalized spacial score (nSPS) is 0.400. The molecule has 0 N–H and O–H groups in total. The Labute approximate surface area is 107 Å². The summed E-state index contributed by atoms with van der Waals surface area (Å²) >= 11 is 0. The minimum absolute atomic E-state index is 0. The molecular formula is CH2Ag2KN. The Bertz CT molecular complexity index is 18.3. The van der Waals surface area contributed by atoms with Crippen LogP contribution in [0.2, 0.25) is 0 Å². The van der Waals surface area contributed by atoms with E-state index in [1.807, 2.05) is 0 Å². The van der Waals surface area contributed by atoms with Gasteiger partial charge in [0.05, 0.1) is 0 Å². The van der Waals surface area contributed by atoms with Crippen molar-refractivity contribution in [2.75, 3.05) is 0 Å². The third-order valence-electron chi connectivity index (χ3n) is 0. The van der Waals surface area contributed by atoms with Crippen molar-refractivity contribution in [1.29, 1.82) is 5.26 Å². The zero-order valence-electron chi connectivity index (χ0n) is 3.63. The van der Waals surface area contributed by atoms with Gasteiger partial charge in [0.1, 0.15) is 0 Å². The van der Waals surface area contributed by atoms with Crippen molar-refractivity contribution >= 4 is 0 Å². The van der Waals surface area contributed by atoms with E-state index in [0.29, 0.717) is 0 Å². The Morgan fingerprint density at radius 2 is 1.20 bits per heavy atom. The van der Waals surface area contributed by atoms with E-state index in [9.17, 15) is 0 Å². The molecule has 2 radical (unpaired) electrons. The average molecular weight is 283 g/mol. The van der Waals surface area contributed by atoms with Gasteiger partial charge >= 0.3 is 51.4 Å². The van der Waals surface area contributed by atoms with Crippen LogP contribution in [0.3, 0.4) is 0 Å². The molecule has 0 aromatic carbocycles. The van der Waals surface area contributed by atoms with Crippen LogP contribution in [0.15, 0.2) is 0 Å². The van der Waals surface area contributed by atoms with Crippen LogP contribution < -0.4 is 51.4 Å². The van der Waals surface area contributed by atoms with Crippen LogP contribution in [0.4, 0.5) is 0 Å². The third kappa shape index (κ3) is 20.6. The number of hydrogen-bond acceptors (Lipinski definition) is 1. The maximum Gasteiger partial charge on any atom is 1.00 e. The maximum atomic E-state index is 6.50. The van der Waals surface area contributed by atoms with Gasteiger partial charge in [-0.05, 0) is 0 Å². The zero-order valence-corrected chi connectivity index (χ0v) is 8.72. The Hall–Kier alpha value is 2.61. The molecule has 1 nitrogen and oxygen atoms in total. The molecule has 0 aromatic rings. The van der Waals surface area contributed by atoms with Gasteiger partial charge in [-0.3, -0.25) is 0 Å². The standard InChI is InChI=1S/CHN.2Ag.K.H/c1-2;;;;/h1H;;;;/q;;;+1;-1. The molecule has 0 amide bonds. The van der Waals surface area contributed by atoms with Gasteiger partial charge in [0, 0.05) is 51.3 Å². The second-order valence-electron chi connectivity index (χ2n) is 0. The van der Waals surface area contributed by atoms with Crippen molar-refractivity contribution in [3.63, 3.8) is 0 Å². The molecule has 0 rings (SSSR count). The van der Waals surface area contributed by atoms with Crippen molar-refractivity contribution < 1.29 is 97.6 Å². The van der Waals surface area contributed by atoms with E-state index in [4.69, 9.17) is 5.26 Å². The average Bonchev–Trinajstić information content (AvgIpc) is 1.00. The molecule has 0 atom stereocenters. The summed E-state index contributed by atoms with van der Waals surface area (Å²) in [6.07, 6.45) is 0. The summed E-state index contributed by atoms with van der Waals surface area (Å²) in [5.41, 5.74) is 0. The minimum Gasteiger partial charge on any atom is -1.00 e. The van der Waals surface area contributed by atoms with Crippen LogP contribution >= 0.6 is 0 Å². The van der Waals surface area contributed by atoms with Gasteiger partial charge < -0.3 is 1.43 Å². The predicted octanol–water partition coefficient (Wildman–Crippen LogP) is -2.75. The van der Waals surface area contributed by atoms with Crippen molar-refractivity contribution in [2.45, 2.75) is 0 Å². The Kier molecular flexibility index (Phi) is 156. The number of nitrogens with zero attached hydrogens (tertiary/aromatic N) is 1. The first-order chi connectivity index (χ1) is 1.00. The van der Waals surface area contributed by atoms with Gasteiger partial charge in [0.15, 0.2) is 0 Å². The van der Waals surface area contributed by atoms with E-state index < -0.39 is 0 Å². The molecule has 0 fully saturated rings. The number of rotatable bonds is 0. The second-order valence-corrected chi connectivity index (χ2v) is 0. The van der Waals surface area contributed by atoms with E-state index in [2.05, 4.69) is 6.57 Å². The summed E-state index contributed by atoms with van der Waals surface area (Å²) in [5, 5.41) is 6.50. The van der Waals surface area contributed by atoms with Gasteiger partial charge in [-0.1, -0.05) is 0 Å². The Morgan fingerprint density at radius 1 is 1.20 bits per heavy atom. The van der Waals surface area contributed by atoms with Gasteiger partial charge in [-0.2, -0.15) is 0 Å². The van der Waals surface area contributed by atoms with Crippen molar-refractivity contribution in [3.8, 4) is 6.57 Å². The maximum absolute atomic E-state index is 6.50. The fourth-order valence-electron chi connectivity index (χ4n) is 0. The molecule has 0 bridgehead atoms. The fraction of sp³-hybridized carbons (Fsp3) is 0. The summed E-state index contributed by atoms with van der Waals surface area (Å²) in [6, 6.07) is 0. The van der Waals surface area contributed by atoms with Crippen LogP contribution in [0.1, 0.15) is 1.43 Å². The molecule has 0 saturated heterocycles. The van der Waals surface area contributed by atoms with E-state index >= 15 is 0 Å². The molecule has 0 aliphatic rings. The molecule has 0 aliphatic carbocycles. The summed E-state index contributed by atoms with van der Waals surface area (Å²) in [7, 11) is 0. The molecule has 5 heavy (non-hydrogen) atoms. The van der Waals surface area contributed by atoms with E-state index in [1.54, 1.807) is 0 Å². The summed E-state index contributed by atoms with van der Waals surface area (Å²) in [4.78, 5) is 0. The van der Waals surface area contributed by atoms with Crippen LogP contribution in [-0.4, -0.2) is 0 Å². The summed E-state index contributed by atoms with van der Waals surface area (Å²) in [6.45, 7) is 3.50. The predicted molar refractivity (Wildman–Crippen MR) is 7.78 cm³/mol. The molecule has 0 aliphatic heterocycles. The monoisotopic (exact) mass is 281 g/mol. The molecule has 0 heterocycles. The van der Waals surface area contributed by atoms with Gasteiger partial charge in [-0.25, -0.2) is 5.26 Å². The smallest absolute Gasteiger partial charge is 1.00 e. The molecular weight excluding hydrogens is 281 g/mol. The molecule has 0 saturated carbocycles. The van der Waals surface area contributed by atoms with Crippen LogP contribution in [0.5, 0.6) is 0 Å². The fourth-order valence-corrected chi connectivity index (χ4v) is 0. The van der Waals surface area contributed by atoms with E-state index in [-0.39, 0.29) is 97.6 Å². The van der Waals surface area contributed by atoms with Gasteiger partial charge in [0.2, 0.25) is 0 Å². The molecule has 34 valence electrons. The molecule has 0 aromatic heterocycles. The van der Waals surface area contributed by atoms with E-state index in [0.717, 1.165) is 0 Å². The summed E-state index contributed by atoms with van der Waals surface area (Å²) < 4.78 is 0. The summed E-state index contributed by atoms with van der Waals surface area (Å²) in [5.74, 6) is 0. The number of nitriles is 1.